The molecule has 132 valence electrons. The number of amides is 1. The quantitative estimate of drug-likeness (QED) is 0.764. The first-order valence-electron chi connectivity index (χ1n) is 8.47. The monoisotopic (exact) mass is 366 g/mol. The molecule has 8 heteroatoms. The number of nitrogens with one attached hydrogen (secondary N) is 1. The lowest BCUT2D eigenvalue weighted by Gasteiger charge is -2.17. The van der Waals surface area contributed by atoms with Gasteiger partial charge in [0.25, 0.3) is 5.91 Å². The number of thiazole rings is 1. The summed E-state index contributed by atoms with van der Waals surface area (Å²) in [5.41, 5.74) is 1.78. The van der Waals surface area contributed by atoms with Crippen LogP contribution in [0, 0.1) is 6.92 Å². The van der Waals surface area contributed by atoms with Gasteiger partial charge in [-0.1, -0.05) is 0 Å². The van der Waals surface area contributed by atoms with Crippen molar-refractivity contribution in [1.82, 2.24) is 19.9 Å². The molecule has 0 radical (unpaired) electrons. The van der Waals surface area contributed by atoms with Gasteiger partial charge in [0.15, 0.2) is 5.13 Å². The van der Waals surface area contributed by atoms with Crippen LogP contribution in [0.1, 0.15) is 28.1 Å². The molecular formula is C18H18N6OS. The van der Waals surface area contributed by atoms with Gasteiger partial charge in [-0.05, 0) is 31.9 Å². The molecule has 0 bridgehead atoms. The summed E-state index contributed by atoms with van der Waals surface area (Å²) in [7, 11) is 0. The number of hydrogen-bond acceptors (Lipinski definition) is 7. The molecular weight excluding hydrogens is 348 g/mol. The van der Waals surface area contributed by atoms with Gasteiger partial charge in [-0.3, -0.25) is 15.1 Å². The summed E-state index contributed by atoms with van der Waals surface area (Å²) < 4.78 is 0. The van der Waals surface area contributed by atoms with Crippen molar-refractivity contribution >= 4 is 28.3 Å². The molecule has 1 saturated heterocycles. The number of aromatic nitrogens is 4. The zero-order valence-corrected chi connectivity index (χ0v) is 15.2. The third-order valence-electron chi connectivity index (χ3n) is 4.19. The second-order valence-electron chi connectivity index (χ2n) is 6.10. The zero-order valence-electron chi connectivity index (χ0n) is 14.3. The van der Waals surface area contributed by atoms with Crippen LogP contribution < -0.4 is 10.2 Å². The average molecular weight is 366 g/mol. The van der Waals surface area contributed by atoms with Crippen LogP contribution in [0.15, 0.2) is 36.9 Å². The summed E-state index contributed by atoms with van der Waals surface area (Å²) in [6.45, 7) is 3.83. The molecule has 4 heterocycles. The van der Waals surface area contributed by atoms with Crippen molar-refractivity contribution in [3.8, 4) is 11.3 Å². The van der Waals surface area contributed by atoms with Gasteiger partial charge in [0.1, 0.15) is 0 Å². The lowest BCUT2D eigenvalue weighted by molar-refractivity contribution is 0.102. The highest BCUT2D eigenvalue weighted by Crippen LogP contribution is 2.26. The number of pyridine rings is 1. The van der Waals surface area contributed by atoms with Crippen LogP contribution in [0.2, 0.25) is 0 Å². The average Bonchev–Trinajstić information content (AvgIpc) is 3.34. The van der Waals surface area contributed by atoms with Gasteiger partial charge in [-0.2, -0.15) is 0 Å². The summed E-state index contributed by atoms with van der Waals surface area (Å²) >= 11 is 1.43. The number of aryl methyl sites for hydroxylation is 1. The topological polar surface area (TPSA) is 83.9 Å². The Hall–Kier alpha value is -2.87. The van der Waals surface area contributed by atoms with E-state index in [0.29, 0.717) is 22.3 Å². The van der Waals surface area contributed by atoms with E-state index in [9.17, 15) is 4.79 Å². The van der Waals surface area contributed by atoms with Crippen molar-refractivity contribution in [2.75, 3.05) is 23.3 Å². The minimum Gasteiger partial charge on any atom is -0.341 e. The maximum absolute atomic E-state index is 12.8. The third-order valence-corrected chi connectivity index (χ3v) is 5.01. The van der Waals surface area contributed by atoms with Crippen molar-refractivity contribution in [3.05, 3.63) is 47.4 Å². The summed E-state index contributed by atoms with van der Waals surface area (Å²) in [6, 6.07) is 3.73. The van der Waals surface area contributed by atoms with Crippen molar-refractivity contribution in [2.24, 2.45) is 0 Å². The van der Waals surface area contributed by atoms with Gasteiger partial charge in [0.2, 0.25) is 5.95 Å². The van der Waals surface area contributed by atoms with Crippen LogP contribution in [0.4, 0.5) is 11.1 Å². The number of rotatable bonds is 4. The molecule has 26 heavy (non-hydrogen) atoms. The predicted octanol–water partition coefficient (Wildman–Crippen LogP) is 3.16. The molecule has 0 aliphatic carbocycles. The number of anilines is 2. The standard InChI is InChI=1S/C18H18N6OS/c1-12-9-21-18(26-12)23-16(25)14-11-20-17(24-7-2-3-8-24)22-15(14)13-5-4-6-19-10-13/h4-6,9-11H,2-3,7-8H2,1H3,(H,21,23,25). The van der Waals surface area contributed by atoms with Crippen LogP contribution in [-0.4, -0.2) is 38.9 Å². The van der Waals surface area contributed by atoms with Gasteiger partial charge in [0, 0.05) is 48.3 Å². The normalized spacial score (nSPS) is 13.8. The first kappa shape index (κ1) is 16.6. The second-order valence-corrected chi connectivity index (χ2v) is 7.33. The molecule has 3 aromatic rings. The van der Waals surface area contributed by atoms with E-state index in [-0.39, 0.29) is 5.91 Å². The van der Waals surface area contributed by atoms with Crippen LogP contribution in [0.25, 0.3) is 11.3 Å². The highest BCUT2D eigenvalue weighted by atomic mass is 32.1. The fourth-order valence-corrected chi connectivity index (χ4v) is 3.57. The Kier molecular flexibility index (Phi) is 4.57. The number of hydrogen-bond donors (Lipinski definition) is 1. The molecule has 7 nitrogen and oxygen atoms in total. The van der Waals surface area contributed by atoms with Crippen LogP contribution in [0.5, 0.6) is 0 Å². The largest absolute Gasteiger partial charge is 0.341 e. The highest BCUT2D eigenvalue weighted by molar-refractivity contribution is 7.15. The Morgan fingerprint density at radius 3 is 2.73 bits per heavy atom. The first-order chi connectivity index (χ1) is 12.7. The van der Waals surface area contributed by atoms with Crippen molar-refractivity contribution in [1.29, 1.82) is 0 Å². The Balaban J connectivity index is 1.71. The Labute approximate surface area is 155 Å². The lowest BCUT2D eigenvalue weighted by atomic mass is 10.1. The molecule has 1 amide bonds. The molecule has 1 aliphatic heterocycles. The van der Waals surface area contributed by atoms with Crippen molar-refractivity contribution in [3.63, 3.8) is 0 Å². The Morgan fingerprint density at radius 1 is 1.19 bits per heavy atom. The summed E-state index contributed by atoms with van der Waals surface area (Å²) in [6.07, 6.45) is 9.01. The fourth-order valence-electron chi connectivity index (χ4n) is 2.91. The molecule has 0 atom stereocenters. The van der Waals surface area contributed by atoms with E-state index in [4.69, 9.17) is 0 Å². The second kappa shape index (κ2) is 7.17. The van der Waals surface area contributed by atoms with Gasteiger partial charge in [-0.15, -0.1) is 11.3 Å². The highest BCUT2D eigenvalue weighted by Gasteiger charge is 2.21. The molecule has 1 fully saturated rings. The minimum atomic E-state index is -0.272. The maximum atomic E-state index is 12.8. The van der Waals surface area contributed by atoms with Gasteiger partial charge >= 0.3 is 0 Å². The van der Waals surface area contributed by atoms with E-state index in [1.807, 2.05) is 19.1 Å². The molecule has 1 aliphatic rings. The summed E-state index contributed by atoms with van der Waals surface area (Å²) in [5, 5.41) is 3.40. The third kappa shape index (κ3) is 3.41. The number of carbonyl (C=O) groups is 1. The fraction of sp³-hybridized carbons (Fsp3) is 0.278. The Bertz CT molecular complexity index is 920. The van der Waals surface area contributed by atoms with Crippen LogP contribution >= 0.6 is 11.3 Å². The van der Waals surface area contributed by atoms with E-state index in [2.05, 4.69) is 30.2 Å². The van der Waals surface area contributed by atoms with Crippen LogP contribution in [0.3, 0.4) is 0 Å². The molecule has 4 rings (SSSR count). The van der Waals surface area contributed by atoms with Crippen molar-refractivity contribution < 1.29 is 4.79 Å². The van der Waals surface area contributed by atoms with Crippen LogP contribution in [-0.2, 0) is 0 Å². The number of nitrogens with zero attached hydrogens (tertiary/aromatic N) is 5. The van der Waals surface area contributed by atoms with Gasteiger partial charge in [0.05, 0.1) is 11.3 Å². The molecule has 1 N–H and O–H groups in total. The van der Waals surface area contributed by atoms with Gasteiger partial charge < -0.3 is 4.90 Å². The molecule has 0 spiro atoms. The van der Waals surface area contributed by atoms with Crippen molar-refractivity contribution in [2.45, 2.75) is 19.8 Å². The summed E-state index contributed by atoms with van der Waals surface area (Å²) in [4.78, 5) is 33.4. The Morgan fingerprint density at radius 2 is 2.04 bits per heavy atom. The van der Waals surface area contributed by atoms with E-state index < -0.39 is 0 Å². The summed E-state index contributed by atoms with van der Waals surface area (Å²) in [5.74, 6) is 0.383. The molecule has 0 aromatic carbocycles. The predicted molar refractivity (Wildman–Crippen MR) is 102 cm³/mol. The van der Waals surface area contributed by atoms with Gasteiger partial charge in [-0.25, -0.2) is 15.0 Å². The first-order valence-corrected chi connectivity index (χ1v) is 9.28. The lowest BCUT2D eigenvalue weighted by Crippen LogP contribution is -2.22. The zero-order chi connectivity index (χ0) is 17.9. The maximum Gasteiger partial charge on any atom is 0.261 e. The van der Waals surface area contributed by atoms with E-state index in [1.165, 1.54) is 11.3 Å². The number of carbonyl (C=O) groups excluding carboxylic acids is 1. The van der Waals surface area contributed by atoms with E-state index >= 15 is 0 Å². The molecule has 3 aromatic heterocycles. The van der Waals surface area contributed by atoms with E-state index in [0.717, 1.165) is 36.4 Å². The minimum absolute atomic E-state index is 0.272. The smallest absolute Gasteiger partial charge is 0.261 e. The molecule has 0 saturated carbocycles. The molecule has 0 unspecified atom stereocenters. The SMILES string of the molecule is Cc1cnc(NC(=O)c2cnc(N3CCCC3)nc2-c2cccnc2)s1. The van der Waals surface area contributed by atoms with E-state index in [1.54, 1.807) is 24.8 Å².